The molecule has 0 fully saturated rings. The van der Waals surface area contributed by atoms with Crippen LogP contribution in [-0.4, -0.2) is 20.2 Å². The van der Waals surface area contributed by atoms with Gasteiger partial charge < -0.3 is 9.47 Å². The molecule has 0 unspecified atom stereocenters. The van der Waals surface area contributed by atoms with Crippen LogP contribution < -0.4 is 4.74 Å². The average Bonchev–Trinajstić information content (AvgIpc) is 2.38. The fourth-order valence-electron chi connectivity index (χ4n) is 2.11. The fourth-order valence-corrected chi connectivity index (χ4v) is 2.11. The number of benzene rings is 1. The Morgan fingerprint density at radius 2 is 2.06 bits per heavy atom. The Morgan fingerprint density at radius 1 is 1.33 bits per heavy atom. The molecule has 1 aromatic rings. The molecule has 1 rings (SSSR count). The second-order valence-corrected chi connectivity index (χ2v) is 4.49. The molecule has 0 N–H and O–H groups in total. The van der Waals surface area contributed by atoms with Gasteiger partial charge in [0.15, 0.2) is 0 Å². The Balaban J connectivity index is 2.94. The molecule has 0 spiro atoms. The van der Waals surface area contributed by atoms with Gasteiger partial charge in [-0.3, -0.25) is 4.79 Å². The van der Waals surface area contributed by atoms with E-state index in [9.17, 15) is 4.79 Å². The average molecular weight is 250 g/mol. The van der Waals surface area contributed by atoms with Crippen molar-refractivity contribution >= 4 is 5.97 Å². The van der Waals surface area contributed by atoms with E-state index >= 15 is 0 Å². The third kappa shape index (κ3) is 3.76. The maximum Gasteiger partial charge on any atom is 0.306 e. The van der Waals surface area contributed by atoms with Gasteiger partial charge in [-0.15, -0.1) is 0 Å². The summed E-state index contributed by atoms with van der Waals surface area (Å²) in [5.74, 6) is 0.920. The molecule has 18 heavy (non-hydrogen) atoms. The molecule has 0 heterocycles. The minimum absolute atomic E-state index is 0.159. The summed E-state index contributed by atoms with van der Waals surface area (Å²) in [6.07, 6.45) is 2.44. The highest BCUT2D eigenvalue weighted by Gasteiger charge is 2.16. The monoisotopic (exact) mass is 250 g/mol. The van der Waals surface area contributed by atoms with Crippen molar-refractivity contribution in [1.82, 2.24) is 0 Å². The molecule has 0 saturated heterocycles. The van der Waals surface area contributed by atoms with Crippen LogP contribution in [0.15, 0.2) is 18.2 Å². The SMILES string of the molecule is CCC[C@@H](CC(=O)OC)c1ccc(C)c(OC)c1. The van der Waals surface area contributed by atoms with E-state index in [1.165, 1.54) is 7.11 Å². The molecule has 0 aliphatic carbocycles. The van der Waals surface area contributed by atoms with Crippen LogP contribution >= 0.6 is 0 Å². The van der Waals surface area contributed by atoms with Gasteiger partial charge in [0.1, 0.15) is 5.75 Å². The lowest BCUT2D eigenvalue weighted by Gasteiger charge is -2.17. The van der Waals surface area contributed by atoms with Gasteiger partial charge in [0.2, 0.25) is 0 Å². The van der Waals surface area contributed by atoms with Crippen molar-refractivity contribution in [3.8, 4) is 5.75 Å². The second kappa shape index (κ2) is 7.04. The van der Waals surface area contributed by atoms with E-state index in [1.54, 1.807) is 7.11 Å². The first-order chi connectivity index (χ1) is 8.62. The Kier molecular flexibility index (Phi) is 5.69. The van der Waals surface area contributed by atoms with Crippen LogP contribution in [0.5, 0.6) is 5.75 Å². The topological polar surface area (TPSA) is 35.5 Å². The van der Waals surface area contributed by atoms with Crippen molar-refractivity contribution in [3.63, 3.8) is 0 Å². The normalized spacial score (nSPS) is 12.0. The summed E-state index contributed by atoms with van der Waals surface area (Å²) < 4.78 is 10.1. The quantitative estimate of drug-likeness (QED) is 0.725. The number of hydrogen-bond donors (Lipinski definition) is 0. The second-order valence-electron chi connectivity index (χ2n) is 4.49. The molecule has 1 atom stereocenters. The van der Waals surface area contributed by atoms with Crippen LogP contribution in [0.4, 0.5) is 0 Å². The number of hydrogen-bond acceptors (Lipinski definition) is 3. The van der Waals surface area contributed by atoms with E-state index in [2.05, 4.69) is 13.0 Å². The molecule has 100 valence electrons. The van der Waals surface area contributed by atoms with Crippen molar-refractivity contribution < 1.29 is 14.3 Å². The van der Waals surface area contributed by atoms with Gasteiger partial charge in [0, 0.05) is 0 Å². The zero-order valence-electron chi connectivity index (χ0n) is 11.7. The van der Waals surface area contributed by atoms with Gasteiger partial charge in [-0.2, -0.15) is 0 Å². The van der Waals surface area contributed by atoms with Crippen molar-refractivity contribution in [2.45, 2.75) is 39.0 Å². The van der Waals surface area contributed by atoms with Crippen molar-refractivity contribution in [2.24, 2.45) is 0 Å². The summed E-state index contributed by atoms with van der Waals surface area (Å²) in [5, 5.41) is 0. The van der Waals surface area contributed by atoms with Gasteiger partial charge in [-0.05, 0) is 36.5 Å². The Bertz CT molecular complexity index is 399. The van der Waals surface area contributed by atoms with Gasteiger partial charge in [-0.25, -0.2) is 0 Å². The van der Waals surface area contributed by atoms with Gasteiger partial charge >= 0.3 is 5.97 Å². The largest absolute Gasteiger partial charge is 0.496 e. The summed E-state index contributed by atoms with van der Waals surface area (Å²) in [6, 6.07) is 6.13. The Labute approximate surface area is 109 Å². The fraction of sp³-hybridized carbons (Fsp3) is 0.533. The van der Waals surface area contributed by atoms with E-state index in [4.69, 9.17) is 9.47 Å². The summed E-state index contributed by atoms with van der Waals surface area (Å²) in [5.41, 5.74) is 2.25. The lowest BCUT2D eigenvalue weighted by molar-refractivity contribution is -0.141. The number of carbonyl (C=O) groups is 1. The summed E-state index contributed by atoms with van der Waals surface area (Å²) in [4.78, 5) is 11.4. The van der Waals surface area contributed by atoms with Crippen molar-refractivity contribution in [3.05, 3.63) is 29.3 Å². The highest BCUT2D eigenvalue weighted by molar-refractivity contribution is 5.70. The number of methoxy groups -OCH3 is 2. The number of carbonyl (C=O) groups excluding carboxylic acids is 1. The maximum absolute atomic E-state index is 11.4. The number of ether oxygens (including phenoxy) is 2. The molecule has 0 bridgehead atoms. The minimum atomic E-state index is -0.159. The molecule has 0 aromatic heterocycles. The molecule has 0 radical (unpaired) electrons. The van der Waals surface area contributed by atoms with Crippen molar-refractivity contribution in [1.29, 1.82) is 0 Å². The van der Waals surface area contributed by atoms with E-state index in [0.717, 1.165) is 29.7 Å². The molecule has 1 aromatic carbocycles. The molecule has 3 heteroatoms. The van der Waals surface area contributed by atoms with E-state index in [1.807, 2.05) is 19.1 Å². The predicted octanol–water partition coefficient (Wildman–Crippen LogP) is 3.45. The van der Waals surface area contributed by atoms with Crippen molar-refractivity contribution in [2.75, 3.05) is 14.2 Å². The highest BCUT2D eigenvalue weighted by Crippen LogP contribution is 2.29. The smallest absolute Gasteiger partial charge is 0.306 e. The standard InChI is InChI=1S/C15H22O3/c1-5-6-12(10-15(16)18-4)13-8-7-11(2)14(9-13)17-3/h7-9,12H,5-6,10H2,1-4H3/t12-/m0/s1. The summed E-state index contributed by atoms with van der Waals surface area (Å²) in [7, 11) is 3.10. The summed E-state index contributed by atoms with van der Waals surface area (Å²) >= 11 is 0. The van der Waals surface area contributed by atoms with Crippen LogP contribution in [0.2, 0.25) is 0 Å². The van der Waals surface area contributed by atoms with Gasteiger partial charge in [0.05, 0.1) is 20.6 Å². The molecular weight excluding hydrogens is 228 g/mol. The molecule has 3 nitrogen and oxygen atoms in total. The maximum atomic E-state index is 11.4. The van der Waals surface area contributed by atoms with Gasteiger partial charge in [0.25, 0.3) is 0 Å². The molecule has 0 amide bonds. The van der Waals surface area contributed by atoms with Crippen LogP contribution in [0.25, 0.3) is 0 Å². The van der Waals surface area contributed by atoms with Gasteiger partial charge in [-0.1, -0.05) is 25.5 Å². The Hall–Kier alpha value is -1.51. The molecular formula is C15H22O3. The third-order valence-corrected chi connectivity index (χ3v) is 3.18. The number of aryl methyl sites for hydroxylation is 1. The van der Waals surface area contributed by atoms with E-state index < -0.39 is 0 Å². The lowest BCUT2D eigenvalue weighted by atomic mass is 9.90. The van der Waals surface area contributed by atoms with Crippen LogP contribution in [0.3, 0.4) is 0 Å². The first-order valence-electron chi connectivity index (χ1n) is 6.33. The highest BCUT2D eigenvalue weighted by atomic mass is 16.5. The van der Waals surface area contributed by atoms with E-state index in [0.29, 0.717) is 6.42 Å². The van der Waals surface area contributed by atoms with Crippen LogP contribution in [0.1, 0.15) is 43.2 Å². The third-order valence-electron chi connectivity index (χ3n) is 3.18. The number of rotatable bonds is 6. The zero-order valence-corrected chi connectivity index (χ0v) is 11.7. The number of esters is 1. The Morgan fingerprint density at radius 3 is 2.61 bits per heavy atom. The van der Waals surface area contributed by atoms with E-state index in [-0.39, 0.29) is 11.9 Å². The van der Waals surface area contributed by atoms with Crippen LogP contribution in [0, 0.1) is 6.92 Å². The predicted molar refractivity (Wildman–Crippen MR) is 72.0 cm³/mol. The lowest BCUT2D eigenvalue weighted by Crippen LogP contribution is -2.09. The summed E-state index contributed by atoms with van der Waals surface area (Å²) in [6.45, 7) is 4.13. The molecule has 0 aliphatic heterocycles. The minimum Gasteiger partial charge on any atom is -0.496 e. The molecule has 0 aliphatic rings. The zero-order chi connectivity index (χ0) is 13.5. The first kappa shape index (κ1) is 14.6. The van der Waals surface area contributed by atoms with Crippen LogP contribution in [-0.2, 0) is 9.53 Å². The first-order valence-corrected chi connectivity index (χ1v) is 6.33. The molecule has 0 saturated carbocycles.